The van der Waals surface area contributed by atoms with Crippen LogP contribution in [0.5, 0.6) is 0 Å². The van der Waals surface area contributed by atoms with Gasteiger partial charge in [0.25, 0.3) is 5.91 Å². The summed E-state index contributed by atoms with van der Waals surface area (Å²) in [5.74, 6) is -0.161. The molecule has 0 bridgehead atoms. The van der Waals surface area contributed by atoms with Gasteiger partial charge in [0, 0.05) is 18.1 Å². The number of hydrogen-bond acceptors (Lipinski definition) is 4. The molecule has 4 rings (SSSR count). The molecule has 27 heavy (non-hydrogen) atoms. The van der Waals surface area contributed by atoms with E-state index in [1.807, 2.05) is 31.2 Å². The van der Waals surface area contributed by atoms with Gasteiger partial charge in [0.15, 0.2) is 5.43 Å². The van der Waals surface area contributed by atoms with E-state index in [1.165, 1.54) is 0 Å². The Morgan fingerprint density at radius 3 is 2.59 bits per heavy atom. The van der Waals surface area contributed by atoms with Crippen LogP contribution in [0.25, 0.3) is 11.0 Å². The normalized spacial score (nSPS) is 16.2. The number of halogens is 1. The first-order chi connectivity index (χ1) is 13.0. The van der Waals surface area contributed by atoms with Crippen LogP contribution in [0.4, 0.5) is 0 Å². The minimum Gasteiger partial charge on any atom is -0.450 e. The zero-order chi connectivity index (χ0) is 19.1. The van der Waals surface area contributed by atoms with Crippen LogP contribution < -0.4 is 5.43 Å². The molecule has 0 fully saturated rings. The highest BCUT2D eigenvalue weighted by atomic mass is 79.9. The summed E-state index contributed by atoms with van der Waals surface area (Å²) in [4.78, 5) is 28.0. The molecule has 1 aromatic heterocycles. The fraction of sp³-hybridized carbons (Fsp3) is 0.238. The second-order valence-electron chi connectivity index (χ2n) is 6.62. The number of ether oxygens (including phenoxy) is 1. The van der Waals surface area contributed by atoms with E-state index in [1.54, 1.807) is 30.2 Å². The van der Waals surface area contributed by atoms with Crippen LogP contribution in [-0.2, 0) is 4.74 Å². The van der Waals surface area contributed by atoms with Crippen LogP contribution in [0, 0.1) is 6.92 Å². The van der Waals surface area contributed by atoms with E-state index >= 15 is 0 Å². The van der Waals surface area contributed by atoms with Crippen molar-refractivity contribution in [1.29, 1.82) is 0 Å². The van der Waals surface area contributed by atoms with E-state index in [2.05, 4.69) is 15.9 Å². The number of carbonyl (C=O) groups is 1. The molecule has 2 heterocycles. The van der Waals surface area contributed by atoms with Gasteiger partial charge >= 0.3 is 0 Å². The lowest BCUT2D eigenvalue weighted by atomic mass is 9.98. The maximum atomic E-state index is 13.3. The van der Waals surface area contributed by atoms with Crippen molar-refractivity contribution in [2.24, 2.45) is 0 Å². The maximum Gasteiger partial charge on any atom is 0.290 e. The number of carbonyl (C=O) groups excluding carboxylic acids is 1. The molecule has 2 aromatic carbocycles. The molecule has 0 N–H and O–H groups in total. The van der Waals surface area contributed by atoms with Gasteiger partial charge in [-0.3, -0.25) is 9.59 Å². The second-order valence-corrected chi connectivity index (χ2v) is 7.53. The molecule has 138 valence electrons. The molecule has 0 spiro atoms. The first-order valence-corrected chi connectivity index (χ1v) is 9.43. The first kappa shape index (κ1) is 17.9. The summed E-state index contributed by atoms with van der Waals surface area (Å²) in [5, 5.41) is 0.460. The van der Waals surface area contributed by atoms with Crippen molar-refractivity contribution < 1.29 is 13.9 Å². The number of methoxy groups -OCH3 is 1. The molecule has 5 nitrogen and oxygen atoms in total. The highest BCUT2D eigenvalue weighted by Gasteiger charge is 2.42. The van der Waals surface area contributed by atoms with Crippen molar-refractivity contribution in [3.8, 4) is 0 Å². The quantitative estimate of drug-likeness (QED) is 0.629. The summed E-state index contributed by atoms with van der Waals surface area (Å²) in [5.41, 5.74) is 2.62. The van der Waals surface area contributed by atoms with Crippen molar-refractivity contribution in [3.63, 3.8) is 0 Å². The molecule has 1 aliphatic heterocycles. The number of rotatable bonds is 4. The second kappa shape index (κ2) is 6.94. The number of benzene rings is 2. The predicted molar refractivity (Wildman–Crippen MR) is 106 cm³/mol. The number of fused-ring (bicyclic) bond motifs is 2. The van der Waals surface area contributed by atoms with E-state index in [0.717, 1.165) is 15.6 Å². The van der Waals surface area contributed by atoms with Gasteiger partial charge in [0.05, 0.1) is 23.6 Å². The van der Waals surface area contributed by atoms with E-state index in [-0.39, 0.29) is 17.1 Å². The lowest BCUT2D eigenvalue weighted by Crippen LogP contribution is -2.32. The molecule has 0 aliphatic carbocycles. The lowest BCUT2D eigenvalue weighted by molar-refractivity contribution is 0.0663. The molecule has 0 saturated carbocycles. The summed E-state index contributed by atoms with van der Waals surface area (Å²) in [7, 11) is 1.59. The minimum atomic E-state index is -0.483. The Bertz CT molecular complexity index is 1090. The van der Waals surface area contributed by atoms with Crippen LogP contribution in [0.3, 0.4) is 0 Å². The van der Waals surface area contributed by atoms with Crippen molar-refractivity contribution in [2.75, 3.05) is 20.3 Å². The summed E-state index contributed by atoms with van der Waals surface area (Å²) < 4.78 is 11.8. The van der Waals surface area contributed by atoms with Gasteiger partial charge in [-0.15, -0.1) is 0 Å². The van der Waals surface area contributed by atoms with Gasteiger partial charge in [0.1, 0.15) is 5.58 Å². The molecular weight excluding hydrogens is 410 g/mol. The van der Waals surface area contributed by atoms with E-state index < -0.39 is 6.04 Å². The van der Waals surface area contributed by atoms with Crippen LogP contribution >= 0.6 is 15.9 Å². The Morgan fingerprint density at radius 1 is 1.15 bits per heavy atom. The zero-order valence-corrected chi connectivity index (χ0v) is 16.6. The number of aryl methyl sites for hydroxylation is 1. The van der Waals surface area contributed by atoms with Gasteiger partial charge in [-0.25, -0.2) is 0 Å². The average Bonchev–Trinajstić information content (AvgIpc) is 2.94. The molecule has 0 saturated heterocycles. The Balaban J connectivity index is 1.97. The fourth-order valence-corrected chi connectivity index (χ4v) is 3.87. The third kappa shape index (κ3) is 2.99. The fourth-order valence-electron chi connectivity index (χ4n) is 3.51. The maximum absolute atomic E-state index is 13.3. The molecule has 1 unspecified atom stereocenters. The van der Waals surface area contributed by atoms with Crippen LogP contribution in [0.15, 0.2) is 56.1 Å². The van der Waals surface area contributed by atoms with Crippen molar-refractivity contribution in [1.82, 2.24) is 4.90 Å². The third-order valence-corrected chi connectivity index (χ3v) is 5.35. The van der Waals surface area contributed by atoms with E-state index in [9.17, 15) is 9.59 Å². The Kier molecular flexibility index (Phi) is 4.61. The zero-order valence-electron chi connectivity index (χ0n) is 15.0. The topological polar surface area (TPSA) is 59.8 Å². The Labute approximate surface area is 164 Å². The molecular formula is C21H18BrNO4. The molecule has 1 aliphatic rings. The summed E-state index contributed by atoms with van der Waals surface area (Å²) in [6, 6.07) is 12.6. The molecule has 1 amide bonds. The lowest BCUT2D eigenvalue weighted by Gasteiger charge is -2.24. The minimum absolute atomic E-state index is 0.122. The summed E-state index contributed by atoms with van der Waals surface area (Å²) >= 11 is 3.40. The van der Waals surface area contributed by atoms with Crippen LogP contribution in [-0.4, -0.2) is 31.1 Å². The van der Waals surface area contributed by atoms with Crippen molar-refractivity contribution in [2.45, 2.75) is 13.0 Å². The predicted octanol–water partition coefficient (Wildman–Crippen LogP) is 4.06. The van der Waals surface area contributed by atoms with Gasteiger partial charge in [-0.2, -0.15) is 0 Å². The monoisotopic (exact) mass is 427 g/mol. The number of amides is 1. The van der Waals surface area contributed by atoms with Crippen LogP contribution in [0.2, 0.25) is 0 Å². The highest BCUT2D eigenvalue weighted by molar-refractivity contribution is 9.10. The van der Waals surface area contributed by atoms with Gasteiger partial charge in [-0.1, -0.05) is 45.8 Å². The van der Waals surface area contributed by atoms with E-state index in [0.29, 0.717) is 29.7 Å². The van der Waals surface area contributed by atoms with Gasteiger partial charge < -0.3 is 14.1 Å². The first-order valence-electron chi connectivity index (χ1n) is 8.64. The van der Waals surface area contributed by atoms with Crippen molar-refractivity contribution >= 4 is 32.8 Å². The number of hydrogen-bond donors (Lipinski definition) is 0. The molecule has 1 atom stereocenters. The van der Waals surface area contributed by atoms with Gasteiger partial charge in [0.2, 0.25) is 5.76 Å². The standard InChI is InChI=1S/C21H18BrNO4/c1-12-3-5-13(6-4-12)18-17-19(24)15-11-14(22)7-8-16(15)27-20(17)21(25)23(18)9-10-26-2/h3-8,11,18H,9-10H2,1-2H3. The Morgan fingerprint density at radius 2 is 1.89 bits per heavy atom. The molecule has 6 heteroatoms. The average molecular weight is 428 g/mol. The smallest absolute Gasteiger partial charge is 0.290 e. The van der Waals surface area contributed by atoms with E-state index in [4.69, 9.17) is 9.15 Å². The van der Waals surface area contributed by atoms with Crippen molar-refractivity contribution in [3.05, 3.63) is 79.6 Å². The summed E-state index contributed by atoms with van der Waals surface area (Å²) in [6.07, 6.45) is 0. The SMILES string of the molecule is COCCN1C(=O)c2oc3ccc(Br)cc3c(=O)c2C1c1ccc(C)cc1. The Hall–Kier alpha value is -2.44. The molecule has 0 radical (unpaired) electrons. The van der Waals surface area contributed by atoms with Crippen LogP contribution in [0.1, 0.15) is 33.3 Å². The molecule has 3 aromatic rings. The highest BCUT2D eigenvalue weighted by Crippen LogP contribution is 2.38. The summed E-state index contributed by atoms with van der Waals surface area (Å²) in [6.45, 7) is 2.75. The third-order valence-electron chi connectivity index (χ3n) is 4.86. The largest absolute Gasteiger partial charge is 0.450 e. The van der Waals surface area contributed by atoms with Gasteiger partial charge in [-0.05, 0) is 30.7 Å². The number of nitrogens with zero attached hydrogens (tertiary/aromatic N) is 1.